The molecule has 2 amide bonds. The van der Waals surface area contributed by atoms with Gasteiger partial charge in [0.2, 0.25) is 5.91 Å². The molecule has 9 heteroatoms. The van der Waals surface area contributed by atoms with Crippen LogP contribution in [0.25, 0.3) is 0 Å². The lowest BCUT2D eigenvalue weighted by Gasteiger charge is -2.29. The van der Waals surface area contributed by atoms with Crippen molar-refractivity contribution in [3.8, 4) is 0 Å². The van der Waals surface area contributed by atoms with Gasteiger partial charge in [-0.25, -0.2) is 9.78 Å². The normalized spacial score (nSPS) is 25.5. The number of carbonyl (C=O) groups is 3. The minimum Gasteiger partial charge on any atom is -0.454 e. The second-order valence-electron chi connectivity index (χ2n) is 5.76. The Morgan fingerprint density at radius 1 is 1.58 bits per heavy atom. The predicted octanol–water partition coefficient (Wildman–Crippen LogP) is 1.67. The van der Waals surface area contributed by atoms with Crippen LogP contribution in [0, 0.1) is 0 Å². The first-order valence-corrected chi connectivity index (χ1v) is 8.80. The standard InChI is InChI=1S/C15H16ClN3O4S/c1-15-5-4-12(21)19(15)10(8-24-15)14(22)23-7-11(20)18-9-3-2-6-17-13(9)16/h2-3,6,10H,4-5,7-8H2,1H3,(H,18,20)/t10-,15-/m0/s1. The van der Waals surface area contributed by atoms with Crippen molar-refractivity contribution in [3.05, 3.63) is 23.5 Å². The molecule has 128 valence electrons. The van der Waals surface area contributed by atoms with Crippen LogP contribution in [0.3, 0.4) is 0 Å². The summed E-state index contributed by atoms with van der Waals surface area (Å²) >= 11 is 7.42. The summed E-state index contributed by atoms with van der Waals surface area (Å²) in [5.74, 6) is -0.638. The molecule has 1 aromatic heterocycles. The summed E-state index contributed by atoms with van der Waals surface area (Å²) in [7, 11) is 0. The number of esters is 1. The molecule has 2 fully saturated rings. The number of hydrogen-bond donors (Lipinski definition) is 1. The summed E-state index contributed by atoms with van der Waals surface area (Å²) in [6.45, 7) is 1.51. The van der Waals surface area contributed by atoms with Crippen LogP contribution in [-0.4, -0.2) is 50.9 Å². The number of nitrogens with one attached hydrogen (secondary N) is 1. The number of fused-ring (bicyclic) bond motifs is 1. The van der Waals surface area contributed by atoms with E-state index < -0.39 is 24.5 Å². The van der Waals surface area contributed by atoms with Gasteiger partial charge in [0.15, 0.2) is 11.8 Å². The highest BCUT2D eigenvalue weighted by Crippen LogP contribution is 2.47. The fourth-order valence-electron chi connectivity index (χ4n) is 2.89. The third-order valence-electron chi connectivity index (χ3n) is 4.10. The minimum absolute atomic E-state index is 0.0453. The zero-order valence-corrected chi connectivity index (χ0v) is 14.5. The molecule has 0 bridgehead atoms. The number of anilines is 1. The Morgan fingerprint density at radius 2 is 2.38 bits per heavy atom. The Morgan fingerprint density at radius 3 is 3.12 bits per heavy atom. The Kier molecular flexibility index (Phi) is 4.69. The van der Waals surface area contributed by atoms with Crippen molar-refractivity contribution in [1.82, 2.24) is 9.88 Å². The number of carbonyl (C=O) groups excluding carboxylic acids is 3. The largest absolute Gasteiger partial charge is 0.454 e. The van der Waals surface area contributed by atoms with Gasteiger partial charge in [0.1, 0.15) is 6.04 Å². The molecule has 3 heterocycles. The van der Waals surface area contributed by atoms with E-state index in [2.05, 4.69) is 10.3 Å². The van der Waals surface area contributed by atoms with Gasteiger partial charge in [-0.1, -0.05) is 11.6 Å². The van der Waals surface area contributed by atoms with Crippen molar-refractivity contribution in [3.63, 3.8) is 0 Å². The number of halogens is 1. The maximum absolute atomic E-state index is 12.3. The number of nitrogens with zero attached hydrogens (tertiary/aromatic N) is 2. The molecule has 24 heavy (non-hydrogen) atoms. The highest BCUT2D eigenvalue weighted by molar-refractivity contribution is 8.01. The van der Waals surface area contributed by atoms with E-state index >= 15 is 0 Å². The summed E-state index contributed by atoms with van der Waals surface area (Å²) in [4.78, 5) is 41.2. The van der Waals surface area contributed by atoms with Crippen LogP contribution < -0.4 is 5.32 Å². The molecule has 2 aliphatic rings. The van der Waals surface area contributed by atoms with Crippen LogP contribution >= 0.6 is 23.4 Å². The summed E-state index contributed by atoms with van der Waals surface area (Å²) < 4.78 is 5.08. The lowest BCUT2D eigenvalue weighted by Crippen LogP contribution is -2.47. The topological polar surface area (TPSA) is 88.6 Å². The van der Waals surface area contributed by atoms with Gasteiger partial charge in [-0.2, -0.15) is 0 Å². The van der Waals surface area contributed by atoms with Crippen LogP contribution in [-0.2, 0) is 19.1 Å². The van der Waals surface area contributed by atoms with Crippen LogP contribution in [0.2, 0.25) is 5.15 Å². The summed E-state index contributed by atoms with van der Waals surface area (Å²) in [5.41, 5.74) is 0.346. The van der Waals surface area contributed by atoms with Gasteiger partial charge in [-0.3, -0.25) is 9.59 Å². The molecule has 0 unspecified atom stereocenters. The average Bonchev–Trinajstić information content (AvgIpc) is 3.04. The van der Waals surface area contributed by atoms with Crippen molar-refractivity contribution < 1.29 is 19.1 Å². The zero-order valence-electron chi connectivity index (χ0n) is 13.0. The Hall–Kier alpha value is -1.80. The Balaban J connectivity index is 1.55. The molecule has 2 atom stereocenters. The Labute approximate surface area is 148 Å². The number of hydrogen-bond acceptors (Lipinski definition) is 6. The maximum Gasteiger partial charge on any atom is 0.330 e. The van der Waals surface area contributed by atoms with Crippen molar-refractivity contribution in [1.29, 1.82) is 0 Å². The fraction of sp³-hybridized carbons (Fsp3) is 0.467. The molecular formula is C15H16ClN3O4S. The van der Waals surface area contributed by atoms with E-state index in [4.69, 9.17) is 16.3 Å². The quantitative estimate of drug-likeness (QED) is 0.641. The van der Waals surface area contributed by atoms with Crippen molar-refractivity contribution in [2.75, 3.05) is 17.7 Å². The lowest BCUT2D eigenvalue weighted by molar-refractivity contribution is -0.155. The zero-order chi connectivity index (χ0) is 17.3. The second-order valence-corrected chi connectivity index (χ2v) is 7.62. The molecule has 1 N–H and O–H groups in total. The molecule has 0 saturated carbocycles. The molecule has 0 spiro atoms. The third kappa shape index (κ3) is 3.21. The molecule has 3 rings (SSSR count). The van der Waals surface area contributed by atoms with Gasteiger partial charge in [-0.15, -0.1) is 11.8 Å². The lowest BCUT2D eigenvalue weighted by atomic mass is 10.2. The van der Waals surface area contributed by atoms with Crippen LogP contribution in [0.15, 0.2) is 18.3 Å². The van der Waals surface area contributed by atoms with Crippen molar-refractivity contribution in [2.24, 2.45) is 0 Å². The molecule has 1 aromatic rings. The van der Waals surface area contributed by atoms with E-state index in [0.717, 1.165) is 6.42 Å². The summed E-state index contributed by atoms with van der Waals surface area (Å²) in [5, 5.41) is 2.68. The first kappa shape index (κ1) is 17.0. The van der Waals surface area contributed by atoms with Gasteiger partial charge in [-0.05, 0) is 25.5 Å². The molecule has 0 aromatic carbocycles. The molecular weight excluding hydrogens is 354 g/mol. The van der Waals surface area contributed by atoms with Gasteiger partial charge in [0.25, 0.3) is 5.91 Å². The van der Waals surface area contributed by atoms with E-state index in [1.165, 1.54) is 6.20 Å². The molecule has 7 nitrogen and oxygen atoms in total. The number of thioether (sulfide) groups is 1. The minimum atomic E-state index is -0.634. The van der Waals surface area contributed by atoms with Crippen LogP contribution in [0.1, 0.15) is 19.8 Å². The fourth-order valence-corrected chi connectivity index (χ4v) is 4.48. The van der Waals surface area contributed by atoms with E-state index in [1.807, 2.05) is 6.92 Å². The number of pyridine rings is 1. The highest BCUT2D eigenvalue weighted by Gasteiger charge is 2.53. The monoisotopic (exact) mass is 369 g/mol. The van der Waals surface area contributed by atoms with E-state index in [9.17, 15) is 14.4 Å². The van der Waals surface area contributed by atoms with Crippen LogP contribution in [0.4, 0.5) is 5.69 Å². The molecule has 0 aliphatic carbocycles. The maximum atomic E-state index is 12.3. The van der Waals surface area contributed by atoms with Gasteiger partial charge in [0.05, 0.1) is 10.6 Å². The smallest absolute Gasteiger partial charge is 0.330 e. The van der Waals surface area contributed by atoms with E-state index in [1.54, 1.807) is 28.8 Å². The van der Waals surface area contributed by atoms with Crippen LogP contribution in [0.5, 0.6) is 0 Å². The highest BCUT2D eigenvalue weighted by atomic mass is 35.5. The third-order valence-corrected chi connectivity index (χ3v) is 5.90. The van der Waals surface area contributed by atoms with E-state index in [-0.39, 0.29) is 15.9 Å². The van der Waals surface area contributed by atoms with Gasteiger partial charge in [0, 0.05) is 18.4 Å². The number of ether oxygens (including phenoxy) is 1. The van der Waals surface area contributed by atoms with E-state index in [0.29, 0.717) is 17.9 Å². The molecule has 2 aliphatic heterocycles. The predicted molar refractivity (Wildman–Crippen MR) is 89.6 cm³/mol. The number of aromatic nitrogens is 1. The number of amides is 2. The van der Waals surface area contributed by atoms with Gasteiger partial charge >= 0.3 is 5.97 Å². The number of rotatable bonds is 4. The summed E-state index contributed by atoms with van der Waals surface area (Å²) in [6, 6.07) is 2.59. The summed E-state index contributed by atoms with van der Waals surface area (Å²) in [6.07, 6.45) is 2.66. The van der Waals surface area contributed by atoms with Crippen molar-refractivity contribution in [2.45, 2.75) is 30.7 Å². The second kappa shape index (κ2) is 6.60. The first-order valence-electron chi connectivity index (χ1n) is 7.44. The Bertz CT molecular complexity index is 701. The first-order chi connectivity index (χ1) is 11.4. The van der Waals surface area contributed by atoms with Crippen molar-refractivity contribution >= 4 is 46.8 Å². The SMILES string of the molecule is C[C@]12CCC(=O)N1[C@H](C(=O)OCC(=O)Nc1cccnc1Cl)CS2. The average molecular weight is 370 g/mol. The van der Waals surface area contributed by atoms with Gasteiger partial charge < -0.3 is 15.0 Å². The molecule has 0 radical (unpaired) electrons. The molecule has 2 saturated heterocycles.